The number of aliphatic hydroxyl groups excluding tert-OH is 1. The Morgan fingerprint density at radius 3 is 2.60 bits per heavy atom. The summed E-state index contributed by atoms with van der Waals surface area (Å²) in [7, 11) is 0. The zero-order valence-electron chi connectivity index (χ0n) is 12.2. The molecule has 4 aliphatic carbocycles. The van der Waals surface area contributed by atoms with E-state index in [0.717, 1.165) is 30.6 Å². The van der Waals surface area contributed by atoms with Gasteiger partial charge in [-0.3, -0.25) is 0 Å². The lowest BCUT2D eigenvalue weighted by Crippen LogP contribution is -2.53. The summed E-state index contributed by atoms with van der Waals surface area (Å²) in [6.07, 6.45) is 9.87. The van der Waals surface area contributed by atoms with E-state index >= 15 is 0 Å². The molecule has 0 spiro atoms. The van der Waals surface area contributed by atoms with E-state index in [9.17, 15) is 9.90 Å². The monoisotopic (exact) mass is 278 g/mol. The summed E-state index contributed by atoms with van der Waals surface area (Å²) >= 11 is 0. The summed E-state index contributed by atoms with van der Waals surface area (Å²) in [5.41, 5.74) is 0.332. The smallest absolute Gasteiger partial charge is 0.330 e. The van der Waals surface area contributed by atoms with Crippen LogP contribution >= 0.6 is 0 Å². The molecule has 1 N–H and O–H groups in total. The van der Waals surface area contributed by atoms with Gasteiger partial charge >= 0.3 is 5.97 Å². The SMILES string of the molecule is C=CC(=O)OCCC12CC3CC(CC(C3)C1CCO)C2. The highest BCUT2D eigenvalue weighted by atomic mass is 16.5. The molecular formula is C17H26O3. The zero-order valence-corrected chi connectivity index (χ0v) is 12.2. The predicted octanol–water partition coefficient (Wildman–Crippen LogP) is 2.93. The van der Waals surface area contributed by atoms with E-state index in [1.807, 2.05) is 0 Å². The summed E-state index contributed by atoms with van der Waals surface area (Å²) in [5.74, 6) is 2.91. The van der Waals surface area contributed by atoms with Crippen molar-refractivity contribution in [2.24, 2.45) is 29.1 Å². The average Bonchev–Trinajstić information content (AvgIpc) is 2.42. The lowest BCUT2D eigenvalue weighted by molar-refractivity contribution is -0.146. The van der Waals surface area contributed by atoms with Crippen molar-refractivity contribution in [2.45, 2.75) is 44.9 Å². The van der Waals surface area contributed by atoms with Gasteiger partial charge in [-0.15, -0.1) is 0 Å². The Labute approximate surface area is 121 Å². The Kier molecular flexibility index (Phi) is 3.89. The van der Waals surface area contributed by atoms with Gasteiger partial charge in [0.15, 0.2) is 0 Å². The molecule has 4 saturated carbocycles. The fourth-order valence-electron chi connectivity index (χ4n) is 5.80. The van der Waals surface area contributed by atoms with Crippen LogP contribution in [0.5, 0.6) is 0 Å². The van der Waals surface area contributed by atoms with Crippen molar-refractivity contribution in [3.05, 3.63) is 12.7 Å². The normalized spacial score (nSPS) is 41.6. The van der Waals surface area contributed by atoms with Crippen LogP contribution in [0.2, 0.25) is 0 Å². The minimum absolute atomic E-state index is 0.296. The highest BCUT2D eigenvalue weighted by molar-refractivity contribution is 5.81. The first kappa shape index (κ1) is 14.1. The van der Waals surface area contributed by atoms with Gasteiger partial charge in [0, 0.05) is 12.7 Å². The number of carbonyl (C=O) groups is 1. The molecule has 112 valence electrons. The Hall–Kier alpha value is -0.830. The molecule has 4 aliphatic rings. The van der Waals surface area contributed by atoms with Crippen LogP contribution in [0, 0.1) is 29.1 Å². The summed E-state index contributed by atoms with van der Waals surface area (Å²) in [4.78, 5) is 11.2. The fourth-order valence-corrected chi connectivity index (χ4v) is 5.80. The number of rotatable bonds is 6. The molecule has 0 amide bonds. The van der Waals surface area contributed by atoms with Gasteiger partial charge < -0.3 is 9.84 Å². The van der Waals surface area contributed by atoms with Crippen LogP contribution in [-0.4, -0.2) is 24.3 Å². The van der Waals surface area contributed by atoms with Crippen molar-refractivity contribution in [3.8, 4) is 0 Å². The third-order valence-electron chi connectivity index (χ3n) is 6.14. The van der Waals surface area contributed by atoms with Crippen LogP contribution in [0.3, 0.4) is 0 Å². The number of esters is 1. The van der Waals surface area contributed by atoms with Crippen LogP contribution in [0.4, 0.5) is 0 Å². The maximum Gasteiger partial charge on any atom is 0.330 e. The van der Waals surface area contributed by atoms with Crippen molar-refractivity contribution in [2.75, 3.05) is 13.2 Å². The summed E-state index contributed by atoms with van der Waals surface area (Å²) < 4.78 is 5.24. The Balaban J connectivity index is 1.70. The lowest BCUT2D eigenvalue weighted by Gasteiger charge is -2.61. The average molecular weight is 278 g/mol. The summed E-state index contributed by atoms with van der Waals surface area (Å²) in [6, 6.07) is 0. The van der Waals surface area contributed by atoms with Gasteiger partial charge in [0.1, 0.15) is 0 Å². The van der Waals surface area contributed by atoms with Crippen molar-refractivity contribution in [3.63, 3.8) is 0 Å². The molecule has 0 saturated heterocycles. The standard InChI is InChI=1S/C17H26O3/c1-2-16(19)20-6-4-17-10-12-7-13(11-17)9-14(8-12)15(17)3-5-18/h2,12-15,18H,1,3-11H2. The molecule has 0 aliphatic heterocycles. The number of ether oxygens (including phenoxy) is 1. The third-order valence-corrected chi connectivity index (χ3v) is 6.14. The van der Waals surface area contributed by atoms with Gasteiger partial charge in [-0.25, -0.2) is 4.79 Å². The van der Waals surface area contributed by atoms with E-state index in [1.165, 1.54) is 38.2 Å². The molecule has 0 aromatic rings. The maximum atomic E-state index is 11.2. The molecule has 3 atom stereocenters. The summed E-state index contributed by atoms with van der Waals surface area (Å²) in [6.45, 7) is 4.25. The van der Waals surface area contributed by atoms with Crippen molar-refractivity contribution >= 4 is 5.97 Å². The van der Waals surface area contributed by atoms with E-state index in [1.54, 1.807) is 0 Å². The first-order chi connectivity index (χ1) is 9.66. The molecule has 0 aromatic carbocycles. The minimum Gasteiger partial charge on any atom is -0.463 e. The van der Waals surface area contributed by atoms with Crippen LogP contribution < -0.4 is 0 Å². The van der Waals surface area contributed by atoms with Gasteiger partial charge in [-0.05, 0) is 74.0 Å². The highest BCUT2D eigenvalue weighted by Gasteiger charge is 2.56. The van der Waals surface area contributed by atoms with Gasteiger partial charge in [0.05, 0.1) is 6.61 Å². The molecule has 0 radical (unpaired) electrons. The van der Waals surface area contributed by atoms with Crippen LogP contribution in [0.1, 0.15) is 44.9 Å². The second kappa shape index (κ2) is 5.51. The molecular weight excluding hydrogens is 252 g/mol. The second-order valence-corrected chi connectivity index (χ2v) is 7.21. The largest absolute Gasteiger partial charge is 0.463 e. The van der Waals surface area contributed by atoms with Crippen LogP contribution in [-0.2, 0) is 9.53 Å². The highest BCUT2D eigenvalue weighted by Crippen LogP contribution is 2.64. The molecule has 0 aromatic heterocycles. The number of aliphatic hydroxyl groups is 1. The first-order valence-corrected chi connectivity index (χ1v) is 8.07. The van der Waals surface area contributed by atoms with Gasteiger partial charge in [-0.2, -0.15) is 0 Å². The number of hydrogen-bond acceptors (Lipinski definition) is 3. The van der Waals surface area contributed by atoms with E-state index in [0.29, 0.717) is 24.5 Å². The Bertz CT molecular complexity index is 376. The lowest BCUT2D eigenvalue weighted by atomic mass is 9.44. The summed E-state index contributed by atoms with van der Waals surface area (Å²) in [5, 5.41) is 9.42. The Morgan fingerprint density at radius 1 is 1.30 bits per heavy atom. The maximum absolute atomic E-state index is 11.2. The first-order valence-electron chi connectivity index (χ1n) is 8.07. The van der Waals surface area contributed by atoms with E-state index in [-0.39, 0.29) is 5.97 Å². The topological polar surface area (TPSA) is 46.5 Å². The van der Waals surface area contributed by atoms with E-state index < -0.39 is 0 Å². The second-order valence-electron chi connectivity index (χ2n) is 7.21. The predicted molar refractivity (Wildman–Crippen MR) is 77.0 cm³/mol. The fraction of sp³-hybridized carbons (Fsp3) is 0.824. The van der Waals surface area contributed by atoms with Gasteiger partial charge in [-0.1, -0.05) is 6.58 Å². The van der Waals surface area contributed by atoms with Crippen molar-refractivity contribution < 1.29 is 14.6 Å². The molecule has 4 fully saturated rings. The molecule has 4 rings (SSSR count). The molecule has 3 heteroatoms. The molecule has 4 bridgehead atoms. The number of carbonyl (C=O) groups excluding carboxylic acids is 1. The van der Waals surface area contributed by atoms with Gasteiger partial charge in [0.2, 0.25) is 0 Å². The molecule has 20 heavy (non-hydrogen) atoms. The zero-order chi connectivity index (χ0) is 14.2. The molecule has 3 nitrogen and oxygen atoms in total. The molecule has 0 heterocycles. The van der Waals surface area contributed by atoms with Gasteiger partial charge in [0.25, 0.3) is 0 Å². The van der Waals surface area contributed by atoms with E-state index in [2.05, 4.69) is 6.58 Å². The number of hydrogen-bond donors (Lipinski definition) is 1. The minimum atomic E-state index is -0.312. The van der Waals surface area contributed by atoms with Crippen molar-refractivity contribution in [1.82, 2.24) is 0 Å². The van der Waals surface area contributed by atoms with Crippen molar-refractivity contribution in [1.29, 1.82) is 0 Å². The molecule has 3 unspecified atom stereocenters. The van der Waals surface area contributed by atoms with Crippen LogP contribution in [0.25, 0.3) is 0 Å². The van der Waals surface area contributed by atoms with E-state index in [4.69, 9.17) is 4.74 Å². The Morgan fingerprint density at radius 2 is 2.00 bits per heavy atom. The quantitative estimate of drug-likeness (QED) is 0.600. The third kappa shape index (κ3) is 2.41. The van der Waals surface area contributed by atoms with Crippen LogP contribution in [0.15, 0.2) is 12.7 Å².